The van der Waals surface area contributed by atoms with E-state index < -0.39 is 0 Å². The summed E-state index contributed by atoms with van der Waals surface area (Å²) in [6, 6.07) is 7.77. The number of thioether (sulfide) groups is 1. The van der Waals surface area contributed by atoms with Crippen molar-refractivity contribution in [3.63, 3.8) is 0 Å². The Hall–Kier alpha value is -1.13. The van der Waals surface area contributed by atoms with Crippen LogP contribution in [0.4, 0.5) is 0 Å². The van der Waals surface area contributed by atoms with Crippen LogP contribution in [-0.2, 0) is 5.75 Å². The third-order valence-electron chi connectivity index (χ3n) is 2.69. The van der Waals surface area contributed by atoms with Crippen LogP contribution < -0.4 is 0 Å². The standard InChI is InChI=1S/C15H17NOS2/c1-10(2)15-16-13(9-19-15)8-18-14-6-4-5-12(7-14)11(3)17/h4-7,9-10H,8H2,1-3H3. The van der Waals surface area contributed by atoms with Crippen LogP contribution in [0.15, 0.2) is 34.5 Å². The SMILES string of the molecule is CC(=O)c1cccc(SCc2csc(C(C)C)n2)c1. The molecule has 0 fully saturated rings. The van der Waals surface area contributed by atoms with Crippen molar-refractivity contribution < 1.29 is 4.79 Å². The lowest BCUT2D eigenvalue weighted by atomic mass is 10.2. The van der Waals surface area contributed by atoms with Crippen LogP contribution in [-0.4, -0.2) is 10.8 Å². The highest BCUT2D eigenvalue weighted by Gasteiger charge is 2.07. The van der Waals surface area contributed by atoms with Gasteiger partial charge in [0.2, 0.25) is 0 Å². The van der Waals surface area contributed by atoms with Crippen molar-refractivity contribution in [3.05, 3.63) is 45.9 Å². The van der Waals surface area contributed by atoms with Gasteiger partial charge in [-0.1, -0.05) is 26.0 Å². The molecule has 0 aliphatic rings. The Balaban J connectivity index is 2.01. The Morgan fingerprint density at radius 2 is 2.21 bits per heavy atom. The van der Waals surface area contributed by atoms with Crippen molar-refractivity contribution in [3.8, 4) is 0 Å². The van der Waals surface area contributed by atoms with Crippen molar-refractivity contribution in [2.45, 2.75) is 37.3 Å². The van der Waals surface area contributed by atoms with E-state index in [4.69, 9.17) is 0 Å². The van der Waals surface area contributed by atoms with Crippen molar-refractivity contribution in [1.29, 1.82) is 0 Å². The molecule has 0 N–H and O–H groups in total. The number of carbonyl (C=O) groups excluding carboxylic acids is 1. The molecule has 0 aliphatic heterocycles. The van der Waals surface area contributed by atoms with E-state index in [-0.39, 0.29) is 5.78 Å². The summed E-state index contributed by atoms with van der Waals surface area (Å²) in [4.78, 5) is 17.1. The number of hydrogen-bond acceptors (Lipinski definition) is 4. The van der Waals surface area contributed by atoms with Crippen molar-refractivity contribution in [1.82, 2.24) is 4.98 Å². The van der Waals surface area contributed by atoms with Gasteiger partial charge >= 0.3 is 0 Å². The minimum absolute atomic E-state index is 0.109. The summed E-state index contributed by atoms with van der Waals surface area (Å²) in [7, 11) is 0. The maximum absolute atomic E-state index is 11.3. The molecule has 1 aromatic carbocycles. The van der Waals surface area contributed by atoms with Crippen molar-refractivity contribution in [2.24, 2.45) is 0 Å². The molecule has 0 saturated heterocycles. The van der Waals surface area contributed by atoms with E-state index in [9.17, 15) is 4.79 Å². The Kier molecular flexibility index (Phi) is 4.77. The smallest absolute Gasteiger partial charge is 0.159 e. The molecular formula is C15H17NOS2. The van der Waals surface area contributed by atoms with E-state index in [1.807, 2.05) is 24.3 Å². The second-order valence-electron chi connectivity index (χ2n) is 4.70. The molecule has 19 heavy (non-hydrogen) atoms. The molecule has 1 aromatic heterocycles. The highest BCUT2D eigenvalue weighted by molar-refractivity contribution is 7.98. The second-order valence-corrected chi connectivity index (χ2v) is 6.64. The lowest BCUT2D eigenvalue weighted by molar-refractivity contribution is 0.101. The molecule has 100 valence electrons. The Labute approximate surface area is 122 Å². The molecule has 0 saturated carbocycles. The number of aromatic nitrogens is 1. The predicted molar refractivity (Wildman–Crippen MR) is 82.2 cm³/mol. The summed E-state index contributed by atoms with van der Waals surface area (Å²) in [5.41, 5.74) is 1.89. The van der Waals surface area contributed by atoms with Gasteiger partial charge in [0, 0.05) is 27.5 Å². The number of hydrogen-bond donors (Lipinski definition) is 0. The van der Waals surface area contributed by atoms with Crippen LogP contribution in [0.2, 0.25) is 0 Å². The molecule has 0 amide bonds. The van der Waals surface area contributed by atoms with Crippen molar-refractivity contribution >= 4 is 28.9 Å². The summed E-state index contributed by atoms with van der Waals surface area (Å²) in [5, 5.41) is 3.31. The monoisotopic (exact) mass is 291 g/mol. The average Bonchev–Trinajstić information content (AvgIpc) is 2.85. The summed E-state index contributed by atoms with van der Waals surface area (Å²) in [6.07, 6.45) is 0. The van der Waals surface area contributed by atoms with E-state index in [0.717, 1.165) is 21.9 Å². The van der Waals surface area contributed by atoms with Gasteiger partial charge < -0.3 is 0 Å². The van der Waals surface area contributed by atoms with Gasteiger partial charge in [0.05, 0.1) is 10.7 Å². The Morgan fingerprint density at radius 1 is 1.42 bits per heavy atom. The highest BCUT2D eigenvalue weighted by Crippen LogP contribution is 2.26. The number of ketones is 1. The first-order chi connectivity index (χ1) is 9.06. The van der Waals surface area contributed by atoms with Gasteiger partial charge in [-0.2, -0.15) is 0 Å². The van der Waals surface area contributed by atoms with E-state index >= 15 is 0 Å². The van der Waals surface area contributed by atoms with E-state index in [0.29, 0.717) is 5.92 Å². The van der Waals surface area contributed by atoms with Crippen LogP contribution in [0, 0.1) is 0 Å². The van der Waals surface area contributed by atoms with Gasteiger partial charge in [0.15, 0.2) is 5.78 Å². The Morgan fingerprint density at radius 3 is 2.84 bits per heavy atom. The largest absolute Gasteiger partial charge is 0.295 e. The van der Waals surface area contributed by atoms with E-state index in [2.05, 4.69) is 24.2 Å². The molecule has 0 radical (unpaired) electrons. The fraction of sp³-hybridized carbons (Fsp3) is 0.333. The molecule has 0 unspecified atom stereocenters. The molecule has 0 bridgehead atoms. The molecule has 1 heterocycles. The molecule has 2 rings (SSSR count). The van der Waals surface area contributed by atoms with Gasteiger partial charge in [-0.25, -0.2) is 4.98 Å². The molecule has 4 heteroatoms. The summed E-state index contributed by atoms with van der Waals surface area (Å²) >= 11 is 3.44. The number of Topliss-reactive ketones (excluding diaryl/α,β-unsaturated/α-hetero) is 1. The zero-order valence-corrected chi connectivity index (χ0v) is 13.0. The third-order valence-corrected chi connectivity index (χ3v) is 4.91. The quantitative estimate of drug-likeness (QED) is 0.587. The first-order valence-electron chi connectivity index (χ1n) is 6.24. The summed E-state index contributed by atoms with van der Waals surface area (Å²) in [6.45, 7) is 5.91. The predicted octanol–water partition coefficient (Wildman–Crippen LogP) is 4.76. The van der Waals surface area contributed by atoms with Crippen LogP contribution in [0.25, 0.3) is 0 Å². The van der Waals surface area contributed by atoms with Gasteiger partial charge in [0.1, 0.15) is 0 Å². The van der Waals surface area contributed by atoms with Gasteiger partial charge in [0.25, 0.3) is 0 Å². The molecule has 0 atom stereocenters. The second kappa shape index (κ2) is 6.35. The van der Waals surface area contributed by atoms with Crippen LogP contribution in [0.3, 0.4) is 0 Å². The maximum Gasteiger partial charge on any atom is 0.159 e. The van der Waals surface area contributed by atoms with Gasteiger partial charge in [-0.15, -0.1) is 23.1 Å². The lowest BCUT2D eigenvalue weighted by Gasteiger charge is -2.02. The molecule has 2 aromatic rings. The minimum atomic E-state index is 0.109. The zero-order chi connectivity index (χ0) is 13.8. The number of thiazole rings is 1. The van der Waals surface area contributed by atoms with E-state index in [1.165, 1.54) is 5.01 Å². The zero-order valence-electron chi connectivity index (χ0n) is 11.3. The fourth-order valence-corrected chi connectivity index (χ4v) is 3.40. The molecule has 0 spiro atoms. The number of carbonyl (C=O) groups is 1. The van der Waals surface area contributed by atoms with E-state index in [1.54, 1.807) is 30.0 Å². The normalized spacial score (nSPS) is 10.9. The lowest BCUT2D eigenvalue weighted by Crippen LogP contribution is -1.91. The van der Waals surface area contributed by atoms with Gasteiger partial charge in [-0.3, -0.25) is 4.79 Å². The number of nitrogens with zero attached hydrogens (tertiary/aromatic N) is 1. The highest BCUT2D eigenvalue weighted by atomic mass is 32.2. The van der Waals surface area contributed by atoms with Crippen LogP contribution >= 0.6 is 23.1 Å². The number of rotatable bonds is 5. The summed E-state index contributed by atoms with van der Waals surface area (Å²) < 4.78 is 0. The molecular weight excluding hydrogens is 274 g/mol. The number of benzene rings is 1. The maximum atomic E-state index is 11.3. The summed E-state index contributed by atoms with van der Waals surface area (Å²) in [5.74, 6) is 1.45. The third kappa shape index (κ3) is 3.91. The molecule has 2 nitrogen and oxygen atoms in total. The average molecular weight is 291 g/mol. The first-order valence-corrected chi connectivity index (χ1v) is 8.11. The fourth-order valence-electron chi connectivity index (χ4n) is 1.62. The van der Waals surface area contributed by atoms with Crippen LogP contribution in [0.5, 0.6) is 0 Å². The first kappa shape index (κ1) is 14.3. The van der Waals surface area contributed by atoms with Gasteiger partial charge in [-0.05, 0) is 19.1 Å². The van der Waals surface area contributed by atoms with Crippen LogP contribution in [0.1, 0.15) is 47.7 Å². The molecule has 0 aliphatic carbocycles. The Bertz CT molecular complexity index is 575. The topological polar surface area (TPSA) is 30.0 Å². The van der Waals surface area contributed by atoms with Crippen molar-refractivity contribution in [2.75, 3.05) is 0 Å². The minimum Gasteiger partial charge on any atom is -0.295 e.